The average Bonchev–Trinajstić information content (AvgIpc) is 2.80. The summed E-state index contributed by atoms with van der Waals surface area (Å²) in [6.45, 7) is 2.15. The Morgan fingerprint density at radius 1 is 1.50 bits per heavy atom. The number of aromatic nitrogens is 2. The Morgan fingerprint density at radius 3 is 3.06 bits per heavy atom. The predicted octanol–water partition coefficient (Wildman–Crippen LogP) is 2.67. The van der Waals surface area contributed by atoms with Crippen molar-refractivity contribution in [2.75, 3.05) is 6.61 Å². The lowest BCUT2D eigenvalue weighted by Gasteiger charge is -2.08. The Bertz CT molecular complexity index is 412. The summed E-state index contributed by atoms with van der Waals surface area (Å²) in [5.41, 5.74) is 1.22. The minimum Gasteiger partial charge on any atom is -0.461 e. The maximum atomic E-state index is 11.4. The van der Waals surface area contributed by atoms with Crippen LogP contribution in [0.25, 0.3) is 5.57 Å². The van der Waals surface area contributed by atoms with Crippen LogP contribution >= 0.6 is 11.3 Å². The summed E-state index contributed by atoms with van der Waals surface area (Å²) in [4.78, 5) is 11.4. The number of carbonyl (C=O) groups excluding carboxylic acids is 1. The summed E-state index contributed by atoms with van der Waals surface area (Å²) >= 11 is 1.32. The van der Waals surface area contributed by atoms with Gasteiger partial charge in [0.15, 0.2) is 0 Å². The van der Waals surface area contributed by atoms with Crippen molar-refractivity contribution in [2.24, 2.45) is 0 Å². The van der Waals surface area contributed by atoms with Gasteiger partial charge in [-0.2, -0.15) is 0 Å². The minimum atomic E-state index is -0.373. The number of nitrogens with zero attached hydrogens (tertiary/aromatic N) is 2. The molecule has 1 aliphatic carbocycles. The molecule has 0 radical (unpaired) electrons. The third-order valence-electron chi connectivity index (χ3n) is 2.44. The number of hydrogen-bond donors (Lipinski definition) is 0. The Labute approximate surface area is 98.3 Å². The van der Waals surface area contributed by atoms with E-state index in [0.717, 1.165) is 17.8 Å². The molecule has 16 heavy (non-hydrogen) atoms. The highest BCUT2D eigenvalue weighted by Gasteiger charge is 2.16. The average molecular weight is 238 g/mol. The van der Waals surface area contributed by atoms with Gasteiger partial charge in [-0.25, -0.2) is 4.79 Å². The van der Waals surface area contributed by atoms with E-state index in [1.165, 1.54) is 29.8 Å². The molecule has 1 aromatic rings. The second kappa shape index (κ2) is 5.21. The lowest BCUT2D eigenvalue weighted by Crippen LogP contribution is -2.03. The molecule has 0 aliphatic heterocycles. The molecule has 0 fully saturated rings. The standard InChI is InChI=1S/C11H14N2O2S/c1-2-15-11(14)10-13-12-9(16-10)8-6-4-3-5-7-8/h6H,2-5,7H2,1H3. The maximum absolute atomic E-state index is 11.4. The van der Waals surface area contributed by atoms with Gasteiger partial charge in [0, 0.05) is 0 Å². The van der Waals surface area contributed by atoms with Crippen molar-refractivity contribution in [1.29, 1.82) is 0 Å². The van der Waals surface area contributed by atoms with Crippen LogP contribution in [-0.2, 0) is 4.74 Å². The molecule has 0 unspecified atom stereocenters. The fourth-order valence-corrected chi connectivity index (χ4v) is 2.47. The van der Waals surface area contributed by atoms with Crippen LogP contribution in [0.5, 0.6) is 0 Å². The summed E-state index contributed by atoms with van der Waals surface area (Å²) in [7, 11) is 0. The van der Waals surface area contributed by atoms with Gasteiger partial charge in [-0.1, -0.05) is 17.4 Å². The van der Waals surface area contributed by atoms with E-state index in [1.807, 2.05) is 0 Å². The molecule has 0 N–H and O–H groups in total. The van der Waals surface area contributed by atoms with Gasteiger partial charge in [0.25, 0.3) is 0 Å². The Hall–Kier alpha value is -1.23. The first-order valence-corrected chi connectivity index (χ1v) is 6.33. The second-order valence-corrected chi connectivity index (χ2v) is 4.59. The topological polar surface area (TPSA) is 52.1 Å². The molecule has 1 aromatic heterocycles. The number of allylic oxidation sites excluding steroid dienone is 2. The van der Waals surface area contributed by atoms with Crippen LogP contribution in [0.4, 0.5) is 0 Å². The van der Waals surface area contributed by atoms with Crippen LogP contribution in [0.1, 0.15) is 47.4 Å². The molecule has 0 aromatic carbocycles. The minimum absolute atomic E-state index is 0.350. The van der Waals surface area contributed by atoms with Crippen LogP contribution in [-0.4, -0.2) is 22.8 Å². The van der Waals surface area contributed by atoms with Crippen molar-refractivity contribution in [2.45, 2.75) is 32.6 Å². The van der Waals surface area contributed by atoms with Gasteiger partial charge in [0.2, 0.25) is 5.01 Å². The number of hydrogen-bond acceptors (Lipinski definition) is 5. The van der Waals surface area contributed by atoms with Crippen molar-refractivity contribution in [3.8, 4) is 0 Å². The van der Waals surface area contributed by atoms with Crippen LogP contribution in [0.15, 0.2) is 6.08 Å². The Kier molecular flexibility index (Phi) is 3.66. The first kappa shape index (κ1) is 11.3. The smallest absolute Gasteiger partial charge is 0.369 e. The monoisotopic (exact) mass is 238 g/mol. The quantitative estimate of drug-likeness (QED) is 0.760. The third-order valence-corrected chi connectivity index (χ3v) is 3.42. The molecule has 0 saturated carbocycles. The van der Waals surface area contributed by atoms with Gasteiger partial charge >= 0.3 is 5.97 Å². The van der Waals surface area contributed by atoms with E-state index in [2.05, 4.69) is 16.3 Å². The normalized spacial score (nSPS) is 15.7. The molecule has 0 bridgehead atoms. The van der Waals surface area contributed by atoms with Gasteiger partial charge in [-0.3, -0.25) is 0 Å². The van der Waals surface area contributed by atoms with E-state index in [-0.39, 0.29) is 5.97 Å². The second-order valence-electron chi connectivity index (χ2n) is 3.61. The van der Waals surface area contributed by atoms with Crippen molar-refractivity contribution >= 4 is 22.9 Å². The van der Waals surface area contributed by atoms with Crippen molar-refractivity contribution in [3.63, 3.8) is 0 Å². The highest BCUT2D eigenvalue weighted by molar-refractivity contribution is 7.14. The predicted molar refractivity (Wildman–Crippen MR) is 62.3 cm³/mol. The fourth-order valence-electron chi connectivity index (χ4n) is 1.66. The van der Waals surface area contributed by atoms with E-state index in [1.54, 1.807) is 6.92 Å². The van der Waals surface area contributed by atoms with Gasteiger partial charge < -0.3 is 4.74 Å². The Morgan fingerprint density at radius 2 is 2.38 bits per heavy atom. The molecule has 5 heteroatoms. The largest absolute Gasteiger partial charge is 0.461 e. The summed E-state index contributed by atoms with van der Waals surface area (Å²) in [6, 6.07) is 0. The molecular weight excluding hydrogens is 224 g/mol. The number of rotatable bonds is 3. The molecule has 1 heterocycles. The summed E-state index contributed by atoms with van der Waals surface area (Å²) < 4.78 is 4.88. The first-order chi connectivity index (χ1) is 7.81. The summed E-state index contributed by atoms with van der Waals surface area (Å²) in [5, 5.41) is 9.12. The van der Waals surface area contributed by atoms with Crippen LogP contribution in [0.2, 0.25) is 0 Å². The molecule has 0 saturated heterocycles. The lowest BCUT2D eigenvalue weighted by atomic mass is 10.0. The molecule has 2 rings (SSSR count). The van der Waals surface area contributed by atoms with Crippen LogP contribution < -0.4 is 0 Å². The number of carbonyl (C=O) groups is 1. The number of esters is 1. The lowest BCUT2D eigenvalue weighted by molar-refractivity contribution is 0.0525. The van der Waals surface area contributed by atoms with Gasteiger partial charge in [-0.05, 0) is 38.2 Å². The molecule has 4 nitrogen and oxygen atoms in total. The third kappa shape index (κ3) is 2.47. The van der Waals surface area contributed by atoms with E-state index in [4.69, 9.17) is 4.74 Å². The van der Waals surface area contributed by atoms with E-state index in [9.17, 15) is 4.79 Å². The van der Waals surface area contributed by atoms with E-state index < -0.39 is 0 Å². The highest BCUT2D eigenvalue weighted by Crippen LogP contribution is 2.28. The van der Waals surface area contributed by atoms with E-state index >= 15 is 0 Å². The molecule has 0 amide bonds. The molecule has 0 spiro atoms. The zero-order valence-electron chi connectivity index (χ0n) is 9.23. The summed E-state index contributed by atoms with van der Waals surface area (Å²) in [6.07, 6.45) is 6.77. The molecule has 86 valence electrons. The zero-order chi connectivity index (χ0) is 11.4. The van der Waals surface area contributed by atoms with Crippen molar-refractivity contribution in [3.05, 3.63) is 16.1 Å². The SMILES string of the molecule is CCOC(=O)c1nnc(C2=CCCCC2)s1. The fraction of sp³-hybridized carbons (Fsp3) is 0.545. The number of ether oxygens (including phenoxy) is 1. The van der Waals surface area contributed by atoms with Crippen LogP contribution in [0, 0.1) is 0 Å². The molecular formula is C11H14N2O2S. The van der Waals surface area contributed by atoms with Gasteiger partial charge in [0.05, 0.1) is 6.61 Å². The zero-order valence-corrected chi connectivity index (χ0v) is 10.0. The van der Waals surface area contributed by atoms with Crippen molar-refractivity contribution < 1.29 is 9.53 Å². The highest BCUT2D eigenvalue weighted by atomic mass is 32.1. The maximum Gasteiger partial charge on any atom is 0.369 e. The van der Waals surface area contributed by atoms with Crippen LogP contribution in [0.3, 0.4) is 0 Å². The van der Waals surface area contributed by atoms with Gasteiger partial charge in [0.1, 0.15) is 5.01 Å². The molecule has 1 aliphatic rings. The van der Waals surface area contributed by atoms with E-state index in [0.29, 0.717) is 11.6 Å². The summed E-state index contributed by atoms with van der Waals surface area (Å²) in [5.74, 6) is -0.373. The first-order valence-electron chi connectivity index (χ1n) is 5.51. The van der Waals surface area contributed by atoms with Crippen molar-refractivity contribution in [1.82, 2.24) is 10.2 Å². The Balaban J connectivity index is 2.12. The molecule has 0 atom stereocenters. The van der Waals surface area contributed by atoms with Gasteiger partial charge in [-0.15, -0.1) is 10.2 Å².